The highest BCUT2D eigenvalue weighted by molar-refractivity contribution is 5.92. The molecule has 0 unspecified atom stereocenters. The zero-order valence-electron chi connectivity index (χ0n) is 13.7. The molecule has 1 N–H and O–H groups in total. The summed E-state index contributed by atoms with van der Waals surface area (Å²) in [5.74, 6) is -1.28. The maximum absolute atomic E-state index is 13.3. The lowest BCUT2D eigenvalue weighted by molar-refractivity contribution is -0.387. The molecule has 0 heterocycles. The maximum atomic E-state index is 13.3. The van der Waals surface area contributed by atoms with Gasteiger partial charge in [0.1, 0.15) is 0 Å². The molecular weight excluding hydrogens is 335 g/mol. The Kier molecular flexibility index (Phi) is 5.03. The van der Waals surface area contributed by atoms with Crippen molar-refractivity contribution in [3.63, 3.8) is 0 Å². The Hall–Kier alpha value is -3.54. The molecule has 0 aliphatic heterocycles. The fourth-order valence-electron chi connectivity index (χ4n) is 2.57. The summed E-state index contributed by atoms with van der Waals surface area (Å²) in [6.07, 6.45) is 0.111. The van der Waals surface area contributed by atoms with Crippen LogP contribution in [-0.2, 0) is 11.2 Å². The number of anilines is 1. The molecule has 3 aromatic rings. The van der Waals surface area contributed by atoms with Gasteiger partial charge in [0.05, 0.1) is 11.3 Å². The van der Waals surface area contributed by atoms with E-state index in [0.29, 0.717) is 0 Å². The SMILES string of the molecule is O=C(Cc1ccc(-c2ccccc2)cc1)Nc1ccc(F)c([N+](=O)[O-])c1. The van der Waals surface area contributed by atoms with Crippen LogP contribution in [0.5, 0.6) is 0 Å². The van der Waals surface area contributed by atoms with Crippen LogP contribution in [0.3, 0.4) is 0 Å². The molecule has 5 nitrogen and oxygen atoms in total. The molecule has 3 aromatic carbocycles. The summed E-state index contributed by atoms with van der Waals surface area (Å²) in [7, 11) is 0. The average molecular weight is 350 g/mol. The Morgan fingerprint density at radius 1 is 0.962 bits per heavy atom. The Morgan fingerprint density at radius 2 is 1.62 bits per heavy atom. The summed E-state index contributed by atoms with van der Waals surface area (Å²) in [6, 6.07) is 20.7. The lowest BCUT2D eigenvalue weighted by Gasteiger charge is -2.07. The number of benzene rings is 3. The van der Waals surface area contributed by atoms with E-state index in [-0.39, 0.29) is 18.0 Å². The highest BCUT2D eigenvalue weighted by Gasteiger charge is 2.15. The number of carbonyl (C=O) groups is 1. The van der Waals surface area contributed by atoms with Gasteiger partial charge in [0.25, 0.3) is 0 Å². The standard InChI is InChI=1S/C20H15FN2O3/c21-18-11-10-17(13-19(18)23(25)26)22-20(24)12-14-6-8-16(9-7-14)15-4-2-1-3-5-15/h1-11,13H,12H2,(H,22,24). The lowest BCUT2D eigenvalue weighted by Crippen LogP contribution is -2.14. The van der Waals surface area contributed by atoms with Crippen molar-refractivity contribution in [2.24, 2.45) is 0 Å². The van der Waals surface area contributed by atoms with Gasteiger partial charge in [-0.1, -0.05) is 54.6 Å². The van der Waals surface area contributed by atoms with E-state index in [2.05, 4.69) is 5.32 Å². The number of amides is 1. The molecule has 0 aromatic heterocycles. The first-order valence-electron chi connectivity index (χ1n) is 7.91. The van der Waals surface area contributed by atoms with E-state index < -0.39 is 16.4 Å². The van der Waals surface area contributed by atoms with Crippen molar-refractivity contribution in [1.82, 2.24) is 0 Å². The van der Waals surface area contributed by atoms with Gasteiger partial charge >= 0.3 is 5.69 Å². The average Bonchev–Trinajstić information content (AvgIpc) is 2.64. The number of nitro groups is 1. The zero-order valence-corrected chi connectivity index (χ0v) is 13.7. The monoisotopic (exact) mass is 350 g/mol. The van der Waals surface area contributed by atoms with E-state index in [9.17, 15) is 19.3 Å². The molecule has 0 aliphatic carbocycles. The minimum Gasteiger partial charge on any atom is -0.326 e. The summed E-state index contributed by atoms with van der Waals surface area (Å²) in [5, 5.41) is 13.3. The predicted molar refractivity (Wildman–Crippen MR) is 97.3 cm³/mol. The van der Waals surface area contributed by atoms with Gasteiger partial charge in [-0.15, -0.1) is 0 Å². The van der Waals surface area contributed by atoms with Crippen molar-refractivity contribution in [3.8, 4) is 11.1 Å². The van der Waals surface area contributed by atoms with E-state index in [4.69, 9.17) is 0 Å². The number of hydrogen-bond donors (Lipinski definition) is 1. The highest BCUT2D eigenvalue weighted by atomic mass is 19.1. The molecule has 0 spiro atoms. The largest absolute Gasteiger partial charge is 0.326 e. The Morgan fingerprint density at radius 3 is 2.27 bits per heavy atom. The number of halogens is 1. The quantitative estimate of drug-likeness (QED) is 0.541. The smallest absolute Gasteiger partial charge is 0.306 e. The summed E-state index contributed by atoms with van der Waals surface area (Å²) in [6.45, 7) is 0. The Balaban J connectivity index is 1.67. The molecular formula is C20H15FN2O3. The molecule has 26 heavy (non-hydrogen) atoms. The maximum Gasteiger partial charge on any atom is 0.306 e. The van der Waals surface area contributed by atoms with E-state index >= 15 is 0 Å². The van der Waals surface area contributed by atoms with Gasteiger partial charge in [-0.05, 0) is 28.8 Å². The number of rotatable bonds is 5. The molecule has 6 heteroatoms. The van der Waals surface area contributed by atoms with Crippen molar-refractivity contribution < 1.29 is 14.1 Å². The summed E-state index contributed by atoms with van der Waals surface area (Å²) >= 11 is 0. The third-order valence-corrected chi connectivity index (χ3v) is 3.85. The third-order valence-electron chi connectivity index (χ3n) is 3.85. The lowest BCUT2D eigenvalue weighted by atomic mass is 10.0. The van der Waals surface area contributed by atoms with Gasteiger partial charge in [-0.3, -0.25) is 14.9 Å². The normalized spacial score (nSPS) is 10.3. The minimum atomic E-state index is -0.940. The molecule has 130 valence electrons. The number of carbonyl (C=O) groups excluding carboxylic acids is 1. The number of nitrogens with zero attached hydrogens (tertiary/aromatic N) is 1. The molecule has 0 bridgehead atoms. The zero-order chi connectivity index (χ0) is 18.5. The van der Waals surface area contributed by atoms with Crippen molar-refractivity contribution in [3.05, 3.63) is 94.3 Å². The molecule has 0 radical (unpaired) electrons. The van der Waals surface area contributed by atoms with Crippen LogP contribution in [0.1, 0.15) is 5.56 Å². The van der Waals surface area contributed by atoms with Crippen LogP contribution < -0.4 is 5.32 Å². The molecule has 0 fully saturated rings. The fraction of sp³-hybridized carbons (Fsp3) is 0.0500. The second-order valence-corrected chi connectivity index (χ2v) is 5.71. The van der Waals surface area contributed by atoms with E-state index in [0.717, 1.165) is 28.8 Å². The van der Waals surface area contributed by atoms with E-state index in [1.54, 1.807) is 0 Å². The second kappa shape index (κ2) is 7.57. The van der Waals surface area contributed by atoms with Crippen molar-refractivity contribution in [2.45, 2.75) is 6.42 Å². The Bertz CT molecular complexity index is 941. The molecule has 0 saturated carbocycles. The predicted octanol–water partition coefficient (Wildman–Crippen LogP) is 4.58. The Labute approximate surface area is 149 Å². The molecule has 1 amide bonds. The third kappa shape index (κ3) is 4.10. The molecule has 0 atom stereocenters. The molecule has 3 rings (SSSR count). The van der Waals surface area contributed by atoms with Gasteiger partial charge in [0.2, 0.25) is 11.7 Å². The molecule has 0 saturated heterocycles. The highest BCUT2D eigenvalue weighted by Crippen LogP contribution is 2.22. The van der Waals surface area contributed by atoms with E-state index in [1.165, 1.54) is 6.07 Å². The first-order chi connectivity index (χ1) is 12.5. The summed E-state index contributed by atoms with van der Waals surface area (Å²) in [4.78, 5) is 22.1. The van der Waals surface area contributed by atoms with Crippen LogP contribution in [0, 0.1) is 15.9 Å². The number of nitro benzene ring substituents is 1. The van der Waals surface area contributed by atoms with Crippen LogP contribution in [0.4, 0.5) is 15.8 Å². The van der Waals surface area contributed by atoms with Crippen molar-refractivity contribution in [2.75, 3.05) is 5.32 Å². The van der Waals surface area contributed by atoms with Crippen molar-refractivity contribution >= 4 is 17.3 Å². The van der Waals surface area contributed by atoms with Gasteiger partial charge in [0, 0.05) is 11.8 Å². The van der Waals surface area contributed by atoms with E-state index in [1.807, 2.05) is 54.6 Å². The molecule has 0 aliphatic rings. The van der Waals surface area contributed by atoms with Crippen LogP contribution in [0.25, 0.3) is 11.1 Å². The van der Waals surface area contributed by atoms with Gasteiger partial charge < -0.3 is 5.32 Å². The number of hydrogen-bond acceptors (Lipinski definition) is 3. The van der Waals surface area contributed by atoms with Crippen LogP contribution in [0.2, 0.25) is 0 Å². The van der Waals surface area contributed by atoms with Gasteiger partial charge in [-0.25, -0.2) is 0 Å². The summed E-state index contributed by atoms with van der Waals surface area (Å²) < 4.78 is 13.3. The first-order valence-corrected chi connectivity index (χ1v) is 7.91. The summed E-state index contributed by atoms with van der Waals surface area (Å²) in [5.41, 5.74) is 2.45. The van der Waals surface area contributed by atoms with Gasteiger partial charge in [-0.2, -0.15) is 4.39 Å². The second-order valence-electron chi connectivity index (χ2n) is 5.71. The fourth-order valence-corrected chi connectivity index (χ4v) is 2.57. The van der Waals surface area contributed by atoms with Crippen LogP contribution in [0.15, 0.2) is 72.8 Å². The minimum absolute atomic E-state index is 0.111. The first kappa shape index (κ1) is 17.3. The van der Waals surface area contributed by atoms with Gasteiger partial charge in [0.15, 0.2) is 0 Å². The van der Waals surface area contributed by atoms with Crippen LogP contribution in [-0.4, -0.2) is 10.8 Å². The van der Waals surface area contributed by atoms with Crippen LogP contribution >= 0.6 is 0 Å². The number of nitrogens with one attached hydrogen (secondary N) is 1. The van der Waals surface area contributed by atoms with Crippen molar-refractivity contribution in [1.29, 1.82) is 0 Å². The topological polar surface area (TPSA) is 72.2 Å².